The molecule has 4 nitrogen and oxygen atoms in total. The molecule has 0 fully saturated rings. The van der Waals surface area contributed by atoms with Crippen LogP contribution in [0.25, 0.3) is 0 Å². The van der Waals surface area contributed by atoms with Crippen LogP contribution in [0.2, 0.25) is 0 Å². The number of aliphatic hydroxyl groups is 1. The largest absolute Gasteiger partial charge is 0.495 e. The lowest BCUT2D eigenvalue weighted by molar-refractivity contribution is 0.119. The normalized spacial score (nSPS) is 17.3. The summed E-state index contributed by atoms with van der Waals surface area (Å²) in [5, 5.41) is 14.1. The number of rotatable bonds is 4. The zero-order chi connectivity index (χ0) is 10.7. The molecule has 0 amide bonds. The molecule has 1 atom stereocenters. The zero-order valence-corrected chi connectivity index (χ0v) is 8.89. The molecule has 0 saturated carbocycles. The van der Waals surface area contributed by atoms with Crippen molar-refractivity contribution in [2.45, 2.75) is 32.4 Å². The van der Waals surface area contributed by atoms with Crippen LogP contribution in [-0.2, 0) is 11.3 Å². The number of hydrogen-bond acceptors (Lipinski definition) is 3. The highest BCUT2D eigenvalue weighted by atomic mass is 16.5. The van der Waals surface area contributed by atoms with Gasteiger partial charge in [0.25, 0.3) is 0 Å². The van der Waals surface area contributed by atoms with E-state index in [4.69, 9.17) is 4.74 Å². The highest BCUT2D eigenvalue weighted by Crippen LogP contribution is 2.25. The molecule has 0 radical (unpaired) electrons. The topological polar surface area (TPSA) is 47.3 Å². The quantitative estimate of drug-likeness (QED) is 0.818. The molecule has 0 aromatic carbocycles. The van der Waals surface area contributed by atoms with Gasteiger partial charge in [-0.3, -0.25) is 4.68 Å². The minimum Gasteiger partial charge on any atom is -0.495 e. The van der Waals surface area contributed by atoms with E-state index in [0.717, 1.165) is 24.9 Å². The van der Waals surface area contributed by atoms with Gasteiger partial charge in [0.1, 0.15) is 11.9 Å². The summed E-state index contributed by atoms with van der Waals surface area (Å²) in [5.41, 5.74) is 0.802. The van der Waals surface area contributed by atoms with Crippen LogP contribution in [0.15, 0.2) is 24.2 Å². The van der Waals surface area contributed by atoms with Gasteiger partial charge in [-0.15, -0.1) is 0 Å². The van der Waals surface area contributed by atoms with E-state index in [0.29, 0.717) is 12.4 Å². The van der Waals surface area contributed by atoms with E-state index in [1.54, 1.807) is 6.20 Å². The Labute approximate surface area is 89.2 Å². The summed E-state index contributed by atoms with van der Waals surface area (Å²) < 4.78 is 7.15. The summed E-state index contributed by atoms with van der Waals surface area (Å²) in [5.74, 6) is 0.658. The lowest BCUT2D eigenvalue weighted by Crippen LogP contribution is -2.01. The van der Waals surface area contributed by atoms with Gasteiger partial charge in [0.2, 0.25) is 0 Å². The fourth-order valence-electron chi connectivity index (χ4n) is 1.66. The van der Waals surface area contributed by atoms with Crippen molar-refractivity contribution >= 4 is 0 Å². The number of aryl methyl sites for hydroxylation is 1. The Bertz CT molecular complexity index is 357. The molecule has 0 bridgehead atoms. The maximum absolute atomic E-state index is 9.96. The SMILES string of the molecule is CCCn1cc(C(O)C2=CCCO2)cn1. The van der Waals surface area contributed by atoms with Gasteiger partial charge in [0.05, 0.1) is 12.8 Å². The Balaban J connectivity index is 2.07. The van der Waals surface area contributed by atoms with E-state index in [1.807, 2.05) is 17.0 Å². The first kappa shape index (κ1) is 10.2. The number of nitrogens with zero attached hydrogens (tertiary/aromatic N) is 2. The van der Waals surface area contributed by atoms with Gasteiger partial charge < -0.3 is 9.84 Å². The predicted octanol–water partition coefficient (Wildman–Crippen LogP) is 1.63. The number of aromatic nitrogens is 2. The van der Waals surface area contributed by atoms with Gasteiger partial charge in [0, 0.05) is 24.7 Å². The molecule has 1 unspecified atom stereocenters. The molecule has 0 saturated heterocycles. The summed E-state index contributed by atoms with van der Waals surface area (Å²) in [6.07, 6.45) is 6.77. The predicted molar refractivity (Wildman–Crippen MR) is 56.1 cm³/mol. The second-order valence-corrected chi connectivity index (χ2v) is 3.68. The average Bonchev–Trinajstić information content (AvgIpc) is 2.87. The van der Waals surface area contributed by atoms with Crippen LogP contribution >= 0.6 is 0 Å². The van der Waals surface area contributed by atoms with Crippen molar-refractivity contribution in [3.05, 3.63) is 29.8 Å². The van der Waals surface area contributed by atoms with E-state index < -0.39 is 6.10 Å². The van der Waals surface area contributed by atoms with Crippen molar-refractivity contribution in [3.63, 3.8) is 0 Å². The molecular formula is C11H16N2O2. The first-order chi connectivity index (χ1) is 7.31. The Hall–Kier alpha value is -1.29. The van der Waals surface area contributed by atoms with Gasteiger partial charge in [-0.2, -0.15) is 5.10 Å². The minimum atomic E-state index is -0.655. The fourth-order valence-corrected chi connectivity index (χ4v) is 1.66. The molecule has 1 N–H and O–H groups in total. The monoisotopic (exact) mass is 208 g/mol. The molecule has 0 spiro atoms. The summed E-state index contributed by atoms with van der Waals surface area (Å²) in [4.78, 5) is 0. The highest BCUT2D eigenvalue weighted by Gasteiger charge is 2.19. The second kappa shape index (κ2) is 4.49. The summed E-state index contributed by atoms with van der Waals surface area (Å²) in [6, 6.07) is 0. The second-order valence-electron chi connectivity index (χ2n) is 3.68. The molecule has 0 aliphatic carbocycles. The third-order valence-electron chi connectivity index (χ3n) is 2.42. The van der Waals surface area contributed by atoms with E-state index in [1.165, 1.54) is 0 Å². The Kier molecular flexibility index (Phi) is 3.06. The Morgan fingerprint density at radius 3 is 3.20 bits per heavy atom. The van der Waals surface area contributed by atoms with Crippen molar-refractivity contribution in [2.24, 2.45) is 0 Å². The molecule has 15 heavy (non-hydrogen) atoms. The van der Waals surface area contributed by atoms with Crippen molar-refractivity contribution in [2.75, 3.05) is 6.61 Å². The van der Waals surface area contributed by atoms with E-state index >= 15 is 0 Å². The third-order valence-corrected chi connectivity index (χ3v) is 2.42. The fraction of sp³-hybridized carbons (Fsp3) is 0.545. The summed E-state index contributed by atoms with van der Waals surface area (Å²) >= 11 is 0. The van der Waals surface area contributed by atoms with Crippen LogP contribution in [0.5, 0.6) is 0 Å². The first-order valence-electron chi connectivity index (χ1n) is 5.34. The van der Waals surface area contributed by atoms with Crippen LogP contribution in [-0.4, -0.2) is 21.5 Å². The molecule has 4 heteroatoms. The molecule has 1 aliphatic rings. The Morgan fingerprint density at radius 2 is 2.53 bits per heavy atom. The van der Waals surface area contributed by atoms with Crippen LogP contribution in [0.4, 0.5) is 0 Å². The molecular weight excluding hydrogens is 192 g/mol. The van der Waals surface area contributed by atoms with Crippen molar-refractivity contribution in [3.8, 4) is 0 Å². The van der Waals surface area contributed by atoms with E-state index in [2.05, 4.69) is 12.0 Å². The summed E-state index contributed by atoms with van der Waals surface area (Å²) in [6.45, 7) is 3.66. The van der Waals surface area contributed by atoms with E-state index in [9.17, 15) is 5.11 Å². The molecule has 1 aromatic rings. The van der Waals surface area contributed by atoms with Crippen molar-refractivity contribution in [1.82, 2.24) is 9.78 Å². The first-order valence-corrected chi connectivity index (χ1v) is 5.34. The van der Waals surface area contributed by atoms with Gasteiger partial charge in [-0.05, 0) is 12.5 Å². The van der Waals surface area contributed by atoms with Crippen LogP contribution in [0, 0.1) is 0 Å². The third kappa shape index (κ3) is 2.21. The van der Waals surface area contributed by atoms with Crippen LogP contribution in [0.1, 0.15) is 31.4 Å². The molecule has 2 heterocycles. The van der Waals surface area contributed by atoms with E-state index in [-0.39, 0.29) is 0 Å². The number of ether oxygens (including phenoxy) is 1. The van der Waals surface area contributed by atoms with Gasteiger partial charge in [-0.1, -0.05) is 6.92 Å². The maximum Gasteiger partial charge on any atom is 0.139 e. The summed E-state index contributed by atoms with van der Waals surface area (Å²) in [7, 11) is 0. The smallest absolute Gasteiger partial charge is 0.139 e. The van der Waals surface area contributed by atoms with Gasteiger partial charge in [-0.25, -0.2) is 0 Å². The van der Waals surface area contributed by atoms with Crippen molar-refractivity contribution < 1.29 is 9.84 Å². The minimum absolute atomic E-state index is 0.655. The van der Waals surface area contributed by atoms with Gasteiger partial charge in [0.15, 0.2) is 0 Å². The number of hydrogen-bond donors (Lipinski definition) is 1. The standard InChI is InChI=1S/C11H16N2O2/c1-2-5-13-8-9(7-12-13)11(14)10-4-3-6-15-10/h4,7-8,11,14H,2-3,5-6H2,1H3. The maximum atomic E-state index is 9.96. The average molecular weight is 208 g/mol. The Morgan fingerprint density at radius 1 is 1.67 bits per heavy atom. The highest BCUT2D eigenvalue weighted by molar-refractivity contribution is 5.19. The van der Waals surface area contributed by atoms with Gasteiger partial charge >= 0.3 is 0 Å². The molecule has 1 aromatic heterocycles. The number of aliphatic hydroxyl groups excluding tert-OH is 1. The lowest BCUT2D eigenvalue weighted by atomic mass is 10.1. The molecule has 1 aliphatic heterocycles. The van der Waals surface area contributed by atoms with Crippen molar-refractivity contribution in [1.29, 1.82) is 0 Å². The zero-order valence-electron chi connectivity index (χ0n) is 8.89. The van der Waals surface area contributed by atoms with Crippen LogP contribution in [0.3, 0.4) is 0 Å². The molecule has 2 rings (SSSR count). The molecule has 82 valence electrons. The van der Waals surface area contributed by atoms with Crippen LogP contribution < -0.4 is 0 Å². The lowest BCUT2D eigenvalue weighted by Gasteiger charge is -2.09.